The molecule has 2 bridgehead atoms. The summed E-state index contributed by atoms with van der Waals surface area (Å²) in [4.78, 5) is 0. The molecule has 0 aromatic rings. The van der Waals surface area contributed by atoms with Crippen molar-refractivity contribution in [2.75, 3.05) is 6.61 Å². The van der Waals surface area contributed by atoms with Crippen molar-refractivity contribution in [3.8, 4) is 0 Å². The topological polar surface area (TPSA) is 40.5 Å². The highest BCUT2D eigenvalue weighted by Crippen LogP contribution is 2.75. The molecule has 2 heteroatoms. The Kier molecular flexibility index (Phi) is 3.16. The van der Waals surface area contributed by atoms with Gasteiger partial charge in [0.25, 0.3) is 0 Å². The molecular weight excluding hydrogens is 272 g/mol. The van der Waals surface area contributed by atoms with Crippen LogP contribution >= 0.6 is 0 Å². The summed E-state index contributed by atoms with van der Waals surface area (Å²) in [5, 5.41) is 20.6. The van der Waals surface area contributed by atoms with Crippen molar-refractivity contribution in [2.45, 2.75) is 84.2 Å². The lowest BCUT2D eigenvalue weighted by Crippen LogP contribution is -2.58. The number of fused-ring (bicyclic) bond motifs is 2. The number of aliphatic hydroxyl groups is 2. The van der Waals surface area contributed by atoms with Gasteiger partial charge >= 0.3 is 0 Å². The summed E-state index contributed by atoms with van der Waals surface area (Å²) in [5.74, 6) is 1.99. The van der Waals surface area contributed by atoms with Gasteiger partial charge in [-0.3, -0.25) is 0 Å². The highest BCUT2D eigenvalue weighted by atomic mass is 16.3. The number of aliphatic hydroxyl groups excluding tert-OH is 1. The first-order chi connectivity index (χ1) is 10.3. The summed E-state index contributed by atoms with van der Waals surface area (Å²) in [6.07, 6.45) is 11.2. The molecule has 4 aliphatic carbocycles. The first-order valence-electron chi connectivity index (χ1n) is 9.61. The number of hydrogen-bond donors (Lipinski definition) is 2. The van der Waals surface area contributed by atoms with Crippen LogP contribution in [0.25, 0.3) is 0 Å². The van der Waals surface area contributed by atoms with E-state index in [1.54, 1.807) is 0 Å². The minimum atomic E-state index is -0.779. The van der Waals surface area contributed by atoms with E-state index in [0.717, 1.165) is 24.7 Å². The highest BCUT2D eigenvalue weighted by molar-refractivity contribution is 5.18. The fourth-order valence-corrected chi connectivity index (χ4v) is 8.00. The fourth-order valence-electron chi connectivity index (χ4n) is 8.00. The van der Waals surface area contributed by atoms with Crippen molar-refractivity contribution < 1.29 is 10.2 Å². The van der Waals surface area contributed by atoms with Crippen LogP contribution in [0.4, 0.5) is 0 Å². The molecule has 0 saturated heterocycles. The molecule has 2 nitrogen and oxygen atoms in total. The molecule has 0 aromatic heterocycles. The molecule has 6 atom stereocenters. The molecule has 0 aliphatic heterocycles. The van der Waals surface area contributed by atoms with Gasteiger partial charge in [0, 0.05) is 0 Å². The molecule has 4 rings (SSSR count). The van der Waals surface area contributed by atoms with Crippen molar-refractivity contribution in [2.24, 2.45) is 34.0 Å². The second-order valence-electron chi connectivity index (χ2n) is 10.1. The van der Waals surface area contributed by atoms with Crippen LogP contribution in [0.3, 0.4) is 0 Å². The normalized spacial score (nSPS) is 56.3. The Labute approximate surface area is 135 Å². The predicted molar refractivity (Wildman–Crippen MR) is 88.4 cm³/mol. The van der Waals surface area contributed by atoms with Gasteiger partial charge in [0.1, 0.15) is 0 Å². The van der Waals surface area contributed by atoms with Gasteiger partial charge in [-0.2, -0.15) is 0 Å². The van der Waals surface area contributed by atoms with E-state index in [1.165, 1.54) is 44.9 Å². The van der Waals surface area contributed by atoms with Crippen molar-refractivity contribution in [1.82, 2.24) is 0 Å². The average molecular weight is 306 g/mol. The number of rotatable bonds is 1. The second kappa shape index (κ2) is 4.51. The maximum Gasteiger partial charge on any atom is 0.0905 e. The van der Waals surface area contributed by atoms with Gasteiger partial charge in [0.2, 0.25) is 0 Å². The zero-order valence-electron chi connectivity index (χ0n) is 14.7. The molecule has 0 heterocycles. The molecule has 0 radical (unpaired) electrons. The van der Waals surface area contributed by atoms with E-state index in [4.69, 9.17) is 0 Å². The van der Waals surface area contributed by atoms with Crippen LogP contribution in [0, 0.1) is 34.0 Å². The number of hydrogen-bond acceptors (Lipinski definition) is 2. The molecule has 4 aliphatic rings. The smallest absolute Gasteiger partial charge is 0.0905 e. The van der Waals surface area contributed by atoms with Crippen LogP contribution < -0.4 is 0 Å². The Morgan fingerprint density at radius 2 is 1.73 bits per heavy atom. The van der Waals surface area contributed by atoms with Gasteiger partial charge in [0.15, 0.2) is 0 Å². The molecule has 0 amide bonds. The lowest BCUT2D eigenvalue weighted by Gasteiger charge is -2.65. The van der Waals surface area contributed by atoms with Crippen LogP contribution in [-0.2, 0) is 0 Å². The third-order valence-electron chi connectivity index (χ3n) is 9.17. The molecule has 2 N–H and O–H groups in total. The van der Waals surface area contributed by atoms with E-state index >= 15 is 0 Å². The van der Waals surface area contributed by atoms with Crippen LogP contribution in [0.5, 0.6) is 0 Å². The van der Waals surface area contributed by atoms with E-state index in [-0.39, 0.29) is 6.61 Å². The first-order valence-corrected chi connectivity index (χ1v) is 9.61. The highest BCUT2D eigenvalue weighted by Gasteiger charge is 2.68. The van der Waals surface area contributed by atoms with Crippen LogP contribution in [0.15, 0.2) is 0 Å². The van der Waals surface area contributed by atoms with Gasteiger partial charge in [0.05, 0.1) is 12.2 Å². The molecule has 4 fully saturated rings. The molecule has 1 spiro atoms. The van der Waals surface area contributed by atoms with E-state index in [9.17, 15) is 10.2 Å². The minimum absolute atomic E-state index is 0.0356. The van der Waals surface area contributed by atoms with Crippen LogP contribution in [0.2, 0.25) is 0 Å². The average Bonchev–Trinajstić information content (AvgIpc) is 2.80. The maximum atomic E-state index is 10.8. The standard InChI is InChI=1S/C20H34O2/c1-17(2)7-4-8-18(3)16(17)6-5-14-11-15-12-19(14,18)9-10-20(15,22)13-21/h14-16,21-22H,4-13H2,1-3H3/t14-,15-,16-,18-,19+,20+/m0/s1. The zero-order chi connectivity index (χ0) is 15.8. The Bertz CT molecular complexity index is 472. The largest absolute Gasteiger partial charge is 0.393 e. The second-order valence-corrected chi connectivity index (χ2v) is 10.1. The summed E-state index contributed by atoms with van der Waals surface area (Å²) in [7, 11) is 0. The van der Waals surface area contributed by atoms with Crippen molar-refractivity contribution in [3.05, 3.63) is 0 Å². The minimum Gasteiger partial charge on any atom is -0.393 e. The Morgan fingerprint density at radius 1 is 0.955 bits per heavy atom. The summed E-state index contributed by atoms with van der Waals surface area (Å²) < 4.78 is 0. The molecule has 0 aromatic carbocycles. The van der Waals surface area contributed by atoms with Crippen LogP contribution in [-0.4, -0.2) is 22.4 Å². The van der Waals surface area contributed by atoms with Gasteiger partial charge < -0.3 is 10.2 Å². The summed E-state index contributed by atoms with van der Waals surface area (Å²) in [5.41, 5.74) is 0.622. The Hall–Kier alpha value is -0.0800. The summed E-state index contributed by atoms with van der Waals surface area (Å²) >= 11 is 0. The monoisotopic (exact) mass is 306 g/mol. The Morgan fingerprint density at radius 3 is 2.45 bits per heavy atom. The van der Waals surface area contributed by atoms with Crippen LogP contribution in [0.1, 0.15) is 78.6 Å². The van der Waals surface area contributed by atoms with Crippen molar-refractivity contribution in [3.63, 3.8) is 0 Å². The van der Waals surface area contributed by atoms with E-state index in [1.807, 2.05) is 0 Å². The molecule has 4 saturated carbocycles. The SMILES string of the molecule is CC1(C)CCC[C@@]2(C)[C@H]1CC[C@H]1C[C@H]3C[C@]12CC[C@@]3(O)CO. The van der Waals surface area contributed by atoms with Gasteiger partial charge in [-0.1, -0.05) is 27.2 Å². The first kappa shape index (κ1) is 15.4. The van der Waals surface area contributed by atoms with Gasteiger partial charge in [-0.05, 0) is 85.4 Å². The quantitative estimate of drug-likeness (QED) is 0.764. The lowest BCUT2D eigenvalue weighted by molar-refractivity contribution is -0.177. The van der Waals surface area contributed by atoms with E-state index < -0.39 is 5.60 Å². The fraction of sp³-hybridized carbons (Fsp3) is 1.00. The molecule has 126 valence electrons. The third-order valence-corrected chi connectivity index (χ3v) is 9.17. The summed E-state index contributed by atoms with van der Waals surface area (Å²) in [6, 6.07) is 0. The van der Waals surface area contributed by atoms with E-state index in [0.29, 0.717) is 22.2 Å². The van der Waals surface area contributed by atoms with Crippen molar-refractivity contribution >= 4 is 0 Å². The maximum absolute atomic E-state index is 10.8. The Balaban J connectivity index is 1.74. The third kappa shape index (κ3) is 1.69. The predicted octanol–water partition coefficient (Wildman–Crippen LogP) is 4.14. The summed E-state index contributed by atoms with van der Waals surface area (Å²) in [6.45, 7) is 7.58. The molecular formula is C20H34O2. The van der Waals surface area contributed by atoms with Gasteiger partial charge in [-0.25, -0.2) is 0 Å². The molecule has 22 heavy (non-hydrogen) atoms. The van der Waals surface area contributed by atoms with E-state index in [2.05, 4.69) is 20.8 Å². The molecule has 0 unspecified atom stereocenters. The lowest BCUT2D eigenvalue weighted by atomic mass is 9.40. The zero-order valence-corrected chi connectivity index (χ0v) is 14.7. The van der Waals surface area contributed by atoms with Gasteiger partial charge in [-0.15, -0.1) is 0 Å². The van der Waals surface area contributed by atoms with Crippen molar-refractivity contribution in [1.29, 1.82) is 0 Å².